The number of nitrogens with two attached hydrogens (primary N) is 3. The second-order valence-electron chi connectivity index (χ2n) is 2.92. The van der Waals surface area contributed by atoms with Crippen LogP contribution >= 0.6 is 0 Å². The summed E-state index contributed by atoms with van der Waals surface area (Å²) in [6.45, 7) is 0. The Labute approximate surface area is 82.4 Å². The molecule has 1 aromatic rings. The van der Waals surface area contributed by atoms with Gasteiger partial charge in [0, 0.05) is 6.42 Å². The lowest BCUT2D eigenvalue weighted by molar-refractivity contribution is -0.117. The van der Waals surface area contributed by atoms with Gasteiger partial charge < -0.3 is 17.2 Å². The van der Waals surface area contributed by atoms with Crippen molar-refractivity contribution in [3.05, 3.63) is 29.8 Å². The van der Waals surface area contributed by atoms with Crippen LogP contribution < -0.4 is 17.2 Å². The SMILES string of the molecule is NC(=O)CC=Cc1cccc(N)c1N. The standard InChI is InChI=1S/C10H13N3O/c11-8-5-1-3-7(10(8)13)4-2-6-9(12)14/h1-5H,6,11,13H2,(H2,12,14). The quantitative estimate of drug-likeness (QED) is 0.615. The van der Waals surface area contributed by atoms with Crippen molar-refractivity contribution >= 4 is 23.4 Å². The number of nitrogen functional groups attached to an aromatic ring is 2. The van der Waals surface area contributed by atoms with E-state index >= 15 is 0 Å². The van der Waals surface area contributed by atoms with Crippen molar-refractivity contribution in [1.29, 1.82) is 0 Å². The van der Waals surface area contributed by atoms with Gasteiger partial charge in [0.15, 0.2) is 0 Å². The number of hydrogen-bond donors (Lipinski definition) is 3. The van der Waals surface area contributed by atoms with E-state index in [-0.39, 0.29) is 12.3 Å². The predicted molar refractivity (Wildman–Crippen MR) is 58.1 cm³/mol. The molecular formula is C10H13N3O. The van der Waals surface area contributed by atoms with E-state index in [0.29, 0.717) is 11.4 Å². The molecule has 0 saturated heterocycles. The third-order valence-electron chi connectivity index (χ3n) is 1.79. The fourth-order valence-corrected chi connectivity index (χ4v) is 1.05. The van der Waals surface area contributed by atoms with E-state index in [1.807, 2.05) is 6.07 Å². The summed E-state index contributed by atoms with van der Waals surface area (Å²) in [5, 5.41) is 0. The van der Waals surface area contributed by atoms with Gasteiger partial charge in [0.25, 0.3) is 0 Å². The summed E-state index contributed by atoms with van der Waals surface area (Å²) in [5.41, 5.74) is 18.1. The molecule has 0 aliphatic heterocycles. The summed E-state index contributed by atoms with van der Waals surface area (Å²) in [6, 6.07) is 5.35. The highest BCUT2D eigenvalue weighted by molar-refractivity contribution is 5.79. The van der Waals surface area contributed by atoms with Gasteiger partial charge in [0.05, 0.1) is 11.4 Å². The van der Waals surface area contributed by atoms with Gasteiger partial charge >= 0.3 is 0 Å². The number of rotatable bonds is 3. The number of hydrogen-bond acceptors (Lipinski definition) is 3. The lowest BCUT2D eigenvalue weighted by Gasteiger charge is -2.02. The van der Waals surface area contributed by atoms with Crippen LogP contribution in [0.3, 0.4) is 0 Å². The molecule has 4 nitrogen and oxygen atoms in total. The molecule has 1 aromatic carbocycles. The van der Waals surface area contributed by atoms with Crippen LogP contribution in [0.2, 0.25) is 0 Å². The molecule has 0 heterocycles. The Morgan fingerprint density at radius 2 is 2.07 bits per heavy atom. The molecule has 6 N–H and O–H groups in total. The number of carbonyl (C=O) groups is 1. The highest BCUT2D eigenvalue weighted by Gasteiger charge is 1.97. The molecule has 0 unspecified atom stereocenters. The zero-order chi connectivity index (χ0) is 10.6. The smallest absolute Gasteiger partial charge is 0.221 e. The van der Waals surface area contributed by atoms with Crippen LogP contribution in [0.5, 0.6) is 0 Å². The van der Waals surface area contributed by atoms with Crippen LogP contribution in [-0.2, 0) is 4.79 Å². The Hall–Kier alpha value is -1.97. The van der Waals surface area contributed by atoms with Gasteiger partial charge in [-0.15, -0.1) is 0 Å². The summed E-state index contributed by atoms with van der Waals surface area (Å²) in [4.78, 5) is 10.5. The minimum atomic E-state index is -0.372. The Balaban J connectivity index is 2.81. The number of para-hydroxylation sites is 1. The topological polar surface area (TPSA) is 95.1 Å². The molecular weight excluding hydrogens is 178 g/mol. The number of carbonyl (C=O) groups excluding carboxylic acids is 1. The van der Waals surface area contributed by atoms with Crippen molar-refractivity contribution in [3.63, 3.8) is 0 Å². The average Bonchev–Trinajstić information content (AvgIpc) is 2.12. The van der Waals surface area contributed by atoms with Crippen LogP contribution in [0.1, 0.15) is 12.0 Å². The maximum atomic E-state index is 10.5. The maximum Gasteiger partial charge on any atom is 0.221 e. The molecule has 0 aliphatic rings. The molecule has 14 heavy (non-hydrogen) atoms. The van der Waals surface area contributed by atoms with Gasteiger partial charge in [0.2, 0.25) is 5.91 Å². The molecule has 0 aliphatic carbocycles. The first kappa shape index (κ1) is 10.1. The van der Waals surface area contributed by atoms with Crippen LogP contribution in [0.25, 0.3) is 6.08 Å². The van der Waals surface area contributed by atoms with E-state index in [4.69, 9.17) is 17.2 Å². The fourth-order valence-electron chi connectivity index (χ4n) is 1.05. The first-order valence-electron chi connectivity index (χ1n) is 4.20. The van der Waals surface area contributed by atoms with Gasteiger partial charge in [-0.2, -0.15) is 0 Å². The Morgan fingerprint density at radius 3 is 2.71 bits per heavy atom. The van der Waals surface area contributed by atoms with Crippen LogP contribution in [0, 0.1) is 0 Å². The summed E-state index contributed by atoms with van der Waals surface area (Å²) < 4.78 is 0. The molecule has 0 fully saturated rings. The molecule has 4 heteroatoms. The normalized spacial score (nSPS) is 10.6. The van der Waals surface area contributed by atoms with E-state index in [1.165, 1.54) is 0 Å². The Kier molecular flexibility index (Phi) is 3.12. The molecule has 74 valence electrons. The van der Waals surface area contributed by atoms with Crippen molar-refractivity contribution in [2.75, 3.05) is 11.5 Å². The highest BCUT2D eigenvalue weighted by Crippen LogP contribution is 2.20. The van der Waals surface area contributed by atoms with Gasteiger partial charge in [-0.3, -0.25) is 4.79 Å². The summed E-state index contributed by atoms with van der Waals surface area (Å²) in [5.74, 6) is -0.372. The lowest BCUT2D eigenvalue weighted by atomic mass is 10.1. The summed E-state index contributed by atoms with van der Waals surface area (Å²) in [7, 11) is 0. The van der Waals surface area contributed by atoms with E-state index in [9.17, 15) is 4.79 Å². The van der Waals surface area contributed by atoms with Gasteiger partial charge in [-0.25, -0.2) is 0 Å². The Bertz CT molecular complexity index is 372. The van der Waals surface area contributed by atoms with E-state index in [2.05, 4.69) is 0 Å². The molecule has 1 amide bonds. The largest absolute Gasteiger partial charge is 0.397 e. The van der Waals surface area contributed by atoms with Crippen LogP contribution in [0.4, 0.5) is 11.4 Å². The summed E-state index contributed by atoms with van der Waals surface area (Å²) >= 11 is 0. The molecule has 1 rings (SSSR count). The van der Waals surface area contributed by atoms with Crippen molar-refractivity contribution in [2.24, 2.45) is 5.73 Å². The lowest BCUT2D eigenvalue weighted by Crippen LogP contribution is -2.07. The van der Waals surface area contributed by atoms with Gasteiger partial charge in [-0.05, 0) is 11.6 Å². The zero-order valence-electron chi connectivity index (χ0n) is 7.73. The fraction of sp³-hybridized carbons (Fsp3) is 0.100. The minimum Gasteiger partial charge on any atom is -0.397 e. The average molecular weight is 191 g/mol. The van der Waals surface area contributed by atoms with Crippen molar-refractivity contribution in [1.82, 2.24) is 0 Å². The molecule has 0 atom stereocenters. The van der Waals surface area contributed by atoms with E-state index in [0.717, 1.165) is 5.56 Å². The molecule has 0 radical (unpaired) electrons. The third kappa shape index (κ3) is 2.52. The first-order chi connectivity index (χ1) is 6.61. The molecule has 0 spiro atoms. The van der Waals surface area contributed by atoms with Crippen LogP contribution in [0.15, 0.2) is 24.3 Å². The Morgan fingerprint density at radius 1 is 1.36 bits per heavy atom. The third-order valence-corrected chi connectivity index (χ3v) is 1.79. The number of anilines is 2. The second-order valence-corrected chi connectivity index (χ2v) is 2.92. The molecule has 0 aromatic heterocycles. The van der Waals surface area contributed by atoms with E-state index in [1.54, 1.807) is 24.3 Å². The highest BCUT2D eigenvalue weighted by atomic mass is 16.1. The van der Waals surface area contributed by atoms with Crippen molar-refractivity contribution in [3.8, 4) is 0 Å². The van der Waals surface area contributed by atoms with Gasteiger partial charge in [0.1, 0.15) is 0 Å². The van der Waals surface area contributed by atoms with Crippen molar-refractivity contribution < 1.29 is 4.79 Å². The van der Waals surface area contributed by atoms with Gasteiger partial charge in [-0.1, -0.05) is 24.3 Å². The second kappa shape index (κ2) is 4.32. The first-order valence-corrected chi connectivity index (χ1v) is 4.20. The number of benzene rings is 1. The minimum absolute atomic E-state index is 0.203. The van der Waals surface area contributed by atoms with Crippen molar-refractivity contribution in [2.45, 2.75) is 6.42 Å². The predicted octanol–water partition coefficient (Wildman–Crippen LogP) is 0.740. The maximum absolute atomic E-state index is 10.5. The number of primary amides is 1. The monoisotopic (exact) mass is 191 g/mol. The zero-order valence-corrected chi connectivity index (χ0v) is 7.73. The number of amides is 1. The molecule has 0 saturated carbocycles. The van der Waals surface area contributed by atoms with Crippen LogP contribution in [-0.4, -0.2) is 5.91 Å². The molecule has 0 bridgehead atoms. The van der Waals surface area contributed by atoms with E-state index < -0.39 is 0 Å². The summed E-state index contributed by atoms with van der Waals surface area (Å²) in [6.07, 6.45) is 3.60.